The molecule has 0 spiro atoms. The number of rotatable bonds is 5. The zero-order valence-corrected chi connectivity index (χ0v) is 15.4. The first-order chi connectivity index (χ1) is 12.7. The molecule has 1 heterocycles. The summed E-state index contributed by atoms with van der Waals surface area (Å²) < 4.78 is 18.6. The van der Waals surface area contributed by atoms with Crippen molar-refractivity contribution in [1.29, 1.82) is 0 Å². The summed E-state index contributed by atoms with van der Waals surface area (Å²) in [5.41, 5.74) is 2.19. The van der Waals surface area contributed by atoms with E-state index in [4.69, 9.17) is 4.74 Å². The number of hydrogen-bond acceptors (Lipinski definition) is 2. The maximum atomic E-state index is 12.8. The summed E-state index contributed by atoms with van der Waals surface area (Å²) >= 11 is 0. The van der Waals surface area contributed by atoms with Gasteiger partial charge in [-0.3, -0.25) is 0 Å². The van der Waals surface area contributed by atoms with Crippen molar-refractivity contribution in [3.63, 3.8) is 0 Å². The van der Waals surface area contributed by atoms with Crippen LogP contribution in [0.15, 0.2) is 42.6 Å². The topological polar surface area (TPSA) is 22.1 Å². The van der Waals surface area contributed by atoms with E-state index >= 15 is 0 Å². The third-order valence-corrected chi connectivity index (χ3v) is 4.99. The minimum atomic E-state index is -0.460. The molecule has 3 rings (SSSR count). The van der Waals surface area contributed by atoms with Gasteiger partial charge in [-0.2, -0.15) is 4.39 Å². The van der Waals surface area contributed by atoms with Crippen LogP contribution >= 0.6 is 0 Å². The Hall–Kier alpha value is -2.34. The average molecular weight is 351 g/mol. The van der Waals surface area contributed by atoms with Crippen LogP contribution in [0.3, 0.4) is 0 Å². The zero-order valence-electron chi connectivity index (χ0n) is 15.4. The van der Waals surface area contributed by atoms with Crippen molar-refractivity contribution in [3.05, 3.63) is 59.7 Å². The third kappa shape index (κ3) is 5.33. The summed E-state index contributed by atoms with van der Waals surface area (Å²) in [5, 5.41) is 0. The largest absolute Gasteiger partial charge is 0.494 e. The lowest BCUT2D eigenvalue weighted by atomic mass is 9.79. The van der Waals surface area contributed by atoms with E-state index in [9.17, 15) is 4.39 Å². The van der Waals surface area contributed by atoms with Crippen LogP contribution in [0.1, 0.15) is 62.5 Å². The molecule has 0 aliphatic heterocycles. The second-order valence-corrected chi connectivity index (χ2v) is 6.96. The average Bonchev–Trinajstić information content (AvgIpc) is 2.69. The van der Waals surface area contributed by atoms with Gasteiger partial charge < -0.3 is 4.74 Å². The van der Waals surface area contributed by atoms with E-state index in [0.717, 1.165) is 56.4 Å². The first-order valence-corrected chi connectivity index (χ1v) is 9.60. The van der Waals surface area contributed by atoms with E-state index in [2.05, 4.69) is 48.0 Å². The SMILES string of the molecule is CCCCOc1ccc([C@H]2CC[C@H](C#Cc3ccc(F)nc3)CC2)cc1. The second kappa shape index (κ2) is 9.38. The number of nitrogens with zero attached hydrogens (tertiary/aromatic N) is 1. The summed E-state index contributed by atoms with van der Waals surface area (Å²) in [6, 6.07) is 11.7. The third-order valence-electron chi connectivity index (χ3n) is 4.99. The fourth-order valence-electron chi connectivity index (χ4n) is 3.38. The van der Waals surface area contributed by atoms with Gasteiger partial charge in [-0.25, -0.2) is 4.98 Å². The van der Waals surface area contributed by atoms with Gasteiger partial charge in [0.05, 0.1) is 6.61 Å². The first kappa shape index (κ1) is 18.5. The van der Waals surface area contributed by atoms with Crippen molar-refractivity contribution in [1.82, 2.24) is 4.98 Å². The number of hydrogen-bond donors (Lipinski definition) is 0. The molecule has 0 bridgehead atoms. The number of aromatic nitrogens is 1. The van der Waals surface area contributed by atoms with Crippen molar-refractivity contribution < 1.29 is 9.13 Å². The normalized spacial score (nSPS) is 19.5. The van der Waals surface area contributed by atoms with Gasteiger partial charge >= 0.3 is 0 Å². The van der Waals surface area contributed by atoms with E-state index in [0.29, 0.717) is 11.8 Å². The quantitative estimate of drug-likeness (QED) is 0.390. The van der Waals surface area contributed by atoms with Crippen LogP contribution in [0.5, 0.6) is 5.75 Å². The Balaban J connectivity index is 1.50. The Morgan fingerprint density at radius 2 is 1.85 bits per heavy atom. The smallest absolute Gasteiger partial charge is 0.212 e. The number of unbranched alkanes of at least 4 members (excludes halogenated alkanes) is 1. The zero-order chi connectivity index (χ0) is 18.2. The van der Waals surface area contributed by atoms with E-state index in [1.165, 1.54) is 17.8 Å². The van der Waals surface area contributed by atoms with E-state index in [1.807, 2.05) is 0 Å². The van der Waals surface area contributed by atoms with Crippen LogP contribution in [0.2, 0.25) is 0 Å². The number of benzene rings is 1. The van der Waals surface area contributed by atoms with Gasteiger partial charge in [-0.05, 0) is 67.9 Å². The van der Waals surface area contributed by atoms with Gasteiger partial charge in [-0.1, -0.05) is 37.3 Å². The number of ether oxygens (including phenoxy) is 1. The Bertz CT molecular complexity index is 735. The monoisotopic (exact) mass is 351 g/mol. The number of pyridine rings is 1. The summed E-state index contributed by atoms with van der Waals surface area (Å²) in [6.07, 6.45) is 8.30. The predicted molar refractivity (Wildman–Crippen MR) is 103 cm³/mol. The van der Waals surface area contributed by atoms with Gasteiger partial charge in [0, 0.05) is 17.7 Å². The van der Waals surface area contributed by atoms with Crippen LogP contribution in [-0.4, -0.2) is 11.6 Å². The molecule has 1 saturated carbocycles. The molecule has 0 radical (unpaired) electrons. The minimum absolute atomic E-state index is 0.424. The van der Waals surface area contributed by atoms with Crippen molar-refractivity contribution in [2.75, 3.05) is 6.61 Å². The van der Waals surface area contributed by atoms with Crippen molar-refractivity contribution in [2.24, 2.45) is 5.92 Å². The highest BCUT2D eigenvalue weighted by atomic mass is 19.1. The highest BCUT2D eigenvalue weighted by Gasteiger charge is 2.21. The maximum absolute atomic E-state index is 12.8. The van der Waals surface area contributed by atoms with E-state index in [-0.39, 0.29) is 0 Å². The molecule has 136 valence electrons. The molecule has 0 atom stereocenters. The van der Waals surface area contributed by atoms with Gasteiger partial charge in [0.1, 0.15) is 5.75 Å². The highest BCUT2D eigenvalue weighted by Crippen LogP contribution is 2.36. The fourth-order valence-corrected chi connectivity index (χ4v) is 3.38. The summed E-state index contributed by atoms with van der Waals surface area (Å²) in [4.78, 5) is 3.65. The Labute approximate surface area is 155 Å². The maximum Gasteiger partial charge on any atom is 0.212 e. The molecule has 0 unspecified atom stereocenters. The van der Waals surface area contributed by atoms with Crippen molar-refractivity contribution >= 4 is 0 Å². The molecule has 1 fully saturated rings. The molecule has 1 aromatic heterocycles. The standard InChI is InChI=1S/C23H26FNO/c1-2-3-16-26-22-13-11-21(12-14-22)20-9-6-18(7-10-20)4-5-19-8-15-23(24)25-17-19/h8,11-15,17-18,20H,2-3,6-7,9-10,16H2,1H3/t18-,20-. The van der Waals surface area contributed by atoms with Gasteiger partial charge in [0.25, 0.3) is 0 Å². The Morgan fingerprint density at radius 1 is 1.08 bits per heavy atom. The lowest BCUT2D eigenvalue weighted by Crippen LogP contribution is -2.12. The second-order valence-electron chi connectivity index (χ2n) is 6.96. The lowest BCUT2D eigenvalue weighted by Gasteiger charge is -2.26. The van der Waals surface area contributed by atoms with Crippen LogP contribution < -0.4 is 4.74 Å². The molecule has 1 aliphatic carbocycles. The van der Waals surface area contributed by atoms with E-state index in [1.54, 1.807) is 6.07 Å². The summed E-state index contributed by atoms with van der Waals surface area (Å²) in [5.74, 6) is 8.01. The molecule has 1 aromatic carbocycles. The van der Waals surface area contributed by atoms with Crippen LogP contribution in [0.25, 0.3) is 0 Å². The molecule has 0 saturated heterocycles. The van der Waals surface area contributed by atoms with Gasteiger partial charge in [-0.15, -0.1) is 0 Å². The molecular formula is C23H26FNO. The molecule has 0 amide bonds. The van der Waals surface area contributed by atoms with Crippen LogP contribution in [0.4, 0.5) is 4.39 Å². The predicted octanol–water partition coefficient (Wildman–Crippen LogP) is 5.73. The molecule has 0 N–H and O–H groups in total. The molecule has 2 nitrogen and oxygen atoms in total. The molecule has 3 heteroatoms. The first-order valence-electron chi connectivity index (χ1n) is 9.60. The molecular weight excluding hydrogens is 325 g/mol. The summed E-state index contributed by atoms with van der Waals surface area (Å²) in [7, 11) is 0. The van der Waals surface area contributed by atoms with Crippen LogP contribution in [0, 0.1) is 23.7 Å². The summed E-state index contributed by atoms with van der Waals surface area (Å²) in [6.45, 7) is 2.97. The van der Waals surface area contributed by atoms with Crippen molar-refractivity contribution in [3.8, 4) is 17.6 Å². The number of halogens is 1. The Morgan fingerprint density at radius 3 is 2.50 bits per heavy atom. The van der Waals surface area contributed by atoms with Crippen LogP contribution in [-0.2, 0) is 0 Å². The molecule has 1 aliphatic rings. The highest BCUT2D eigenvalue weighted by molar-refractivity contribution is 5.33. The Kier molecular flexibility index (Phi) is 6.66. The van der Waals surface area contributed by atoms with Gasteiger partial charge in [0.2, 0.25) is 5.95 Å². The van der Waals surface area contributed by atoms with Crippen molar-refractivity contribution in [2.45, 2.75) is 51.4 Å². The van der Waals surface area contributed by atoms with E-state index < -0.39 is 5.95 Å². The minimum Gasteiger partial charge on any atom is -0.494 e. The fraction of sp³-hybridized carbons (Fsp3) is 0.435. The molecule has 26 heavy (non-hydrogen) atoms. The molecule has 2 aromatic rings. The van der Waals surface area contributed by atoms with Gasteiger partial charge in [0.15, 0.2) is 0 Å². The lowest BCUT2D eigenvalue weighted by molar-refractivity contribution is 0.309.